The van der Waals surface area contributed by atoms with Crippen molar-refractivity contribution in [1.29, 1.82) is 0 Å². The number of hydrazine groups is 1. The number of benzene rings is 2. The van der Waals surface area contributed by atoms with Crippen molar-refractivity contribution in [3.8, 4) is 5.69 Å². The van der Waals surface area contributed by atoms with E-state index >= 15 is 0 Å². The van der Waals surface area contributed by atoms with Crippen molar-refractivity contribution in [1.82, 2.24) is 15.4 Å². The molecule has 1 aromatic heterocycles. The molecule has 2 N–H and O–H groups in total. The maximum atomic E-state index is 13.2. The van der Waals surface area contributed by atoms with Gasteiger partial charge in [0.2, 0.25) is 0 Å². The summed E-state index contributed by atoms with van der Waals surface area (Å²) in [6, 6.07) is 12.8. The molecule has 2 aromatic carbocycles. The molecule has 0 saturated carbocycles. The smallest absolute Gasteiger partial charge is 0.271 e. The van der Waals surface area contributed by atoms with Gasteiger partial charge in [-0.25, -0.2) is 8.78 Å². The molecule has 7 heteroatoms. The Bertz CT molecular complexity index is 904. The van der Waals surface area contributed by atoms with Crippen molar-refractivity contribution in [2.45, 2.75) is 0 Å². The van der Waals surface area contributed by atoms with Crippen molar-refractivity contribution in [3.63, 3.8) is 0 Å². The molecule has 1 heterocycles. The predicted molar refractivity (Wildman–Crippen MR) is 87.1 cm³/mol. The van der Waals surface area contributed by atoms with Crippen molar-refractivity contribution in [2.24, 2.45) is 0 Å². The van der Waals surface area contributed by atoms with Crippen LogP contribution in [0.2, 0.25) is 0 Å². The fourth-order valence-corrected chi connectivity index (χ4v) is 2.32. The van der Waals surface area contributed by atoms with Gasteiger partial charge in [-0.2, -0.15) is 0 Å². The second kappa shape index (κ2) is 6.96. The largest absolute Gasteiger partial charge is 0.323 e. The van der Waals surface area contributed by atoms with E-state index in [2.05, 4.69) is 10.9 Å². The predicted octanol–water partition coefficient (Wildman–Crippen LogP) is 2.83. The highest BCUT2D eigenvalue weighted by Crippen LogP contribution is 2.14. The molecular formula is C18H13F2N3O2. The zero-order chi connectivity index (χ0) is 17.8. The Morgan fingerprint density at radius 1 is 0.800 bits per heavy atom. The summed E-state index contributed by atoms with van der Waals surface area (Å²) >= 11 is 0. The van der Waals surface area contributed by atoms with Crippen LogP contribution < -0.4 is 10.9 Å². The summed E-state index contributed by atoms with van der Waals surface area (Å²) in [7, 11) is 0. The zero-order valence-electron chi connectivity index (χ0n) is 12.9. The standard InChI is InChI=1S/C18H13F2N3O2/c19-13-9-12(10-14(20)11-13)17(24)21-22-18(25)15-5-1-2-6-16(15)23-7-3-4-8-23/h1-11H,(H,21,24)(H,22,25). The Morgan fingerprint density at radius 3 is 2.08 bits per heavy atom. The number of nitrogens with one attached hydrogen (secondary N) is 2. The summed E-state index contributed by atoms with van der Waals surface area (Å²) in [6.45, 7) is 0. The minimum atomic E-state index is -0.880. The number of carbonyl (C=O) groups excluding carboxylic acids is 2. The van der Waals surface area contributed by atoms with E-state index in [0.29, 0.717) is 17.3 Å². The number of carbonyl (C=O) groups is 2. The molecule has 0 aliphatic heterocycles. The average Bonchev–Trinajstić information content (AvgIpc) is 3.13. The fraction of sp³-hybridized carbons (Fsp3) is 0. The van der Waals surface area contributed by atoms with Crippen molar-refractivity contribution < 1.29 is 18.4 Å². The van der Waals surface area contributed by atoms with Gasteiger partial charge in [-0.3, -0.25) is 20.4 Å². The van der Waals surface area contributed by atoms with Crippen molar-refractivity contribution >= 4 is 11.8 Å². The summed E-state index contributed by atoms with van der Waals surface area (Å²) in [6.07, 6.45) is 3.56. The van der Waals surface area contributed by atoms with Crippen LogP contribution in [0.4, 0.5) is 8.78 Å². The SMILES string of the molecule is O=C(NNC(=O)c1ccccc1-n1cccc1)c1cc(F)cc(F)c1. The topological polar surface area (TPSA) is 63.1 Å². The molecule has 0 aliphatic rings. The van der Waals surface area contributed by atoms with Gasteiger partial charge in [-0.1, -0.05) is 12.1 Å². The van der Waals surface area contributed by atoms with E-state index in [1.807, 2.05) is 12.1 Å². The van der Waals surface area contributed by atoms with Gasteiger partial charge in [0.25, 0.3) is 11.8 Å². The van der Waals surface area contributed by atoms with E-state index in [-0.39, 0.29) is 5.56 Å². The van der Waals surface area contributed by atoms with E-state index < -0.39 is 23.4 Å². The highest BCUT2D eigenvalue weighted by atomic mass is 19.1. The maximum absolute atomic E-state index is 13.2. The number of hydrogen-bond acceptors (Lipinski definition) is 2. The number of para-hydroxylation sites is 1. The molecule has 0 atom stereocenters. The van der Waals surface area contributed by atoms with Gasteiger partial charge in [0.1, 0.15) is 11.6 Å². The van der Waals surface area contributed by atoms with Crippen molar-refractivity contribution in [2.75, 3.05) is 0 Å². The average molecular weight is 341 g/mol. The zero-order valence-corrected chi connectivity index (χ0v) is 12.9. The Balaban J connectivity index is 1.74. The van der Waals surface area contributed by atoms with Gasteiger partial charge < -0.3 is 4.57 Å². The number of nitrogens with zero attached hydrogens (tertiary/aromatic N) is 1. The van der Waals surface area contributed by atoms with Crippen LogP contribution in [0.15, 0.2) is 67.0 Å². The molecule has 2 amide bonds. The first-order valence-electron chi connectivity index (χ1n) is 7.34. The first-order chi connectivity index (χ1) is 12.0. The summed E-state index contributed by atoms with van der Waals surface area (Å²) in [5.74, 6) is -3.15. The van der Waals surface area contributed by atoms with Crippen LogP contribution in [0, 0.1) is 11.6 Å². The van der Waals surface area contributed by atoms with Crippen LogP contribution in [-0.2, 0) is 0 Å². The molecular weight excluding hydrogens is 328 g/mol. The molecule has 3 aromatic rings. The highest BCUT2D eigenvalue weighted by molar-refractivity contribution is 6.01. The lowest BCUT2D eigenvalue weighted by Gasteiger charge is -2.12. The number of amides is 2. The third kappa shape index (κ3) is 3.72. The van der Waals surface area contributed by atoms with Gasteiger partial charge in [-0.15, -0.1) is 0 Å². The molecule has 0 aliphatic carbocycles. The van der Waals surface area contributed by atoms with Gasteiger partial charge in [0, 0.05) is 24.0 Å². The quantitative estimate of drug-likeness (QED) is 0.720. The second-order valence-corrected chi connectivity index (χ2v) is 5.17. The summed E-state index contributed by atoms with van der Waals surface area (Å²) in [5, 5.41) is 0. The van der Waals surface area contributed by atoms with Crippen LogP contribution in [-0.4, -0.2) is 16.4 Å². The van der Waals surface area contributed by atoms with E-state index in [1.54, 1.807) is 41.2 Å². The molecule has 0 bridgehead atoms. The minimum Gasteiger partial charge on any atom is -0.323 e. The van der Waals surface area contributed by atoms with E-state index in [9.17, 15) is 18.4 Å². The first kappa shape index (κ1) is 16.4. The second-order valence-electron chi connectivity index (χ2n) is 5.17. The Morgan fingerprint density at radius 2 is 1.40 bits per heavy atom. The molecule has 0 spiro atoms. The normalized spacial score (nSPS) is 10.3. The van der Waals surface area contributed by atoms with Crippen LogP contribution >= 0.6 is 0 Å². The lowest BCUT2D eigenvalue weighted by Crippen LogP contribution is -2.42. The Kier molecular flexibility index (Phi) is 4.56. The number of aromatic nitrogens is 1. The Hall–Kier alpha value is -3.48. The monoisotopic (exact) mass is 341 g/mol. The third-order valence-electron chi connectivity index (χ3n) is 3.45. The van der Waals surface area contributed by atoms with Crippen LogP contribution in [0.3, 0.4) is 0 Å². The molecule has 0 radical (unpaired) electrons. The van der Waals surface area contributed by atoms with E-state index in [1.165, 1.54) is 0 Å². The molecule has 0 fully saturated rings. The third-order valence-corrected chi connectivity index (χ3v) is 3.45. The van der Waals surface area contributed by atoms with Crippen LogP contribution in [0.5, 0.6) is 0 Å². The van der Waals surface area contributed by atoms with Gasteiger partial charge in [-0.05, 0) is 36.4 Å². The molecule has 0 unspecified atom stereocenters. The number of rotatable bonds is 3. The summed E-state index contributed by atoms with van der Waals surface area (Å²) < 4.78 is 28.1. The maximum Gasteiger partial charge on any atom is 0.271 e. The molecule has 126 valence electrons. The van der Waals surface area contributed by atoms with Gasteiger partial charge in [0.15, 0.2) is 0 Å². The number of halogens is 2. The fourth-order valence-electron chi connectivity index (χ4n) is 2.32. The van der Waals surface area contributed by atoms with Gasteiger partial charge >= 0.3 is 0 Å². The summed E-state index contributed by atoms with van der Waals surface area (Å²) in [5.41, 5.74) is 5.09. The minimum absolute atomic E-state index is 0.239. The van der Waals surface area contributed by atoms with E-state index in [4.69, 9.17) is 0 Å². The van der Waals surface area contributed by atoms with Crippen molar-refractivity contribution in [3.05, 3.63) is 89.8 Å². The molecule has 5 nitrogen and oxygen atoms in total. The molecule has 3 rings (SSSR count). The first-order valence-corrected chi connectivity index (χ1v) is 7.34. The molecule has 0 saturated heterocycles. The van der Waals surface area contributed by atoms with Crippen LogP contribution in [0.1, 0.15) is 20.7 Å². The lowest BCUT2D eigenvalue weighted by molar-refractivity contribution is 0.0846. The Labute approximate surface area is 141 Å². The van der Waals surface area contributed by atoms with Crippen LogP contribution in [0.25, 0.3) is 5.69 Å². The van der Waals surface area contributed by atoms with Gasteiger partial charge in [0.05, 0.1) is 11.3 Å². The highest BCUT2D eigenvalue weighted by Gasteiger charge is 2.14. The molecule has 25 heavy (non-hydrogen) atoms. The van der Waals surface area contributed by atoms with E-state index in [0.717, 1.165) is 12.1 Å². The number of hydrogen-bond donors (Lipinski definition) is 2. The lowest BCUT2D eigenvalue weighted by atomic mass is 10.1. The summed E-state index contributed by atoms with van der Waals surface area (Å²) in [4.78, 5) is 24.3.